The molecule has 0 bridgehead atoms. The van der Waals surface area contributed by atoms with Crippen molar-refractivity contribution in [3.63, 3.8) is 0 Å². The zero-order valence-corrected chi connectivity index (χ0v) is 27.0. The monoisotopic (exact) mass is 754 g/mol. The molecule has 0 saturated heterocycles. The molecular weight excluding hydrogens is 722 g/mol. The number of aliphatic imine (C=N–C) groups is 1. The van der Waals surface area contributed by atoms with Crippen LogP contribution < -0.4 is 0 Å². The molecule has 0 radical (unpaired) electrons. The zero-order chi connectivity index (χ0) is 28.8. The Kier molecular flexibility index (Phi) is 7.95. The van der Waals surface area contributed by atoms with Crippen molar-refractivity contribution in [2.45, 2.75) is 45.1 Å². The van der Waals surface area contributed by atoms with E-state index in [1.54, 1.807) is 0 Å². The summed E-state index contributed by atoms with van der Waals surface area (Å²) in [5.74, 6) is 1.33. The fraction of sp³-hybridized carbons (Fsp3) is 0.231. The molecule has 44 heavy (non-hydrogen) atoms. The molecule has 0 amide bonds. The zero-order valence-electron chi connectivity index (χ0n) is 24.7. The van der Waals surface area contributed by atoms with Gasteiger partial charge in [0, 0.05) is 11.7 Å². The predicted octanol–water partition coefficient (Wildman–Crippen LogP) is 9.14. The molecule has 0 N–H and O–H groups in total. The molecule has 0 unspecified atom stereocenters. The van der Waals surface area contributed by atoms with Gasteiger partial charge in [-0.15, -0.1) is 42.0 Å². The Balaban J connectivity index is 0.00000312. The number of aryl methyl sites for hydroxylation is 1. The van der Waals surface area contributed by atoms with E-state index in [1.165, 1.54) is 43.1 Å². The van der Waals surface area contributed by atoms with E-state index >= 15 is 0 Å². The molecule has 0 spiro atoms. The summed E-state index contributed by atoms with van der Waals surface area (Å²) in [6.07, 6.45) is 8.31. The van der Waals surface area contributed by atoms with Crippen molar-refractivity contribution in [2.75, 3.05) is 6.61 Å². The van der Waals surface area contributed by atoms with Gasteiger partial charge in [0.1, 0.15) is 5.90 Å². The summed E-state index contributed by atoms with van der Waals surface area (Å²) in [6.45, 7) is 2.76. The van der Waals surface area contributed by atoms with E-state index in [2.05, 4.69) is 114 Å². The van der Waals surface area contributed by atoms with Crippen LogP contribution in [0.3, 0.4) is 0 Å². The molecule has 1 saturated carbocycles. The first-order valence-electron chi connectivity index (χ1n) is 15.4. The van der Waals surface area contributed by atoms with Crippen LogP contribution in [0.4, 0.5) is 0 Å². The third-order valence-electron chi connectivity index (χ3n) is 9.08. The number of rotatable bonds is 5. The summed E-state index contributed by atoms with van der Waals surface area (Å²) in [6, 6.07) is 39.7. The van der Waals surface area contributed by atoms with E-state index in [0.29, 0.717) is 18.4 Å². The van der Waals surface area contributed by atoms with Gasteiger partial charge in [0.2, 0.25) is 0 Å². The molecule has 1 aliphatic heterocycles. The summed E-state index contributed by atoms with van der Waals surface area (Å²) in [4.78, 5) is 9.82. The van der Waals surface area contributed by atoms with Crippen LogP contribution in [0.1, 0.15) is 43.2 Å². The average molecular weight is 755 g/mol. The van der Waals surface area contributed by atoms with Gasteiger partial charge in [-0.1, -0.05) is 95.9 Å². The molecule has 2 aliphatic rings. The van der Waals surface area contributed by atoms with Gasteiger partial charge in [0.05, 0.1) is 12.6 Å². The van der Waals surface area contributed by atoms with E-state index < -0.39 is 0 Å². The van der Waals surface area contributed by atoms with Crippen LogP contribution in [0.25, 0.3) is 49.9 Å². The summed E-state index contributed by atoms with van der Waals surface area (Å²) in [7, 11) is 0. The van der Waals surface area contributed by atoms with E-state index in [-0.39, 0.29) is 27.1 Å². The number of hydrogen-bond acceptors (Lipinski definition) is 3. The molecule has 2 aromatic heterocycles. The number of ether oxygens (including phenoxy) is 1. The second kappa shape index (κ2) is 12.2. The smallest absolute Gasteiger partial charge is 0.518 e. The van der Waals surface area contributed by atoms with E-state index in [4.69, 9.17) is 9.73 Å². The fourth-order valence-electron chi connectivity index (χ4n) is 6.86. The summed E-state index contributed by atoms with van der Waals surface area (Å²) < 4.78 is 8.61. The molecule has 6 aromatic rings. The van der Waals surface area contributed by atoms with Gasteiger partial charge in [0.25, 0.3) is 0 Å². The van der Waals surface area contributed by atoms with Crippen molar-refractivity contribution in [3.05, 3.63) is 120 Å². The quantitative estimate of drug-likeness (QED) is 0.165. The molecule has 5 heteroatoms. The Bertz CT molecular complexity index is 1990. The average Bonchev–Trinajstić information content (AvgIpc) is 3.69. The number of aromatic nitrogens is 2. The van der Waals surface area contributed by atoms with Crippen LogP contribution in [0, 0.1) is 25.0 Å². The van der Waals surface area contributed by atoms with Crippen molar-refractivity contribution >= 4 is 27.7 Å². The maximum absolute atomic E-state index is 6.32. The first-order chi connectivity index (χ1) is 21.2. The second-order valence-corrected chi connectivity index (χ2v) is 11.9. The van der Waals surface area contributed by atoms with Crippen molar-refractivity contribution in [1.29, 1.82) is 0 Å². The number of nitrogens with zero attached hydrogens (tertiary/aromatic N) is 3. The van der Waals surface area contributed by atoms with Crippen LogP contribution in [0.2, 0.25) is 0 Å². The molecular formula is C39H33N3OPt. The molecule has 220 valence electrons. The SMILES string of the molecule is Cc1ccnc(-c2[c-]c3c(cc2)c2ccccc2n3-c2[c-]c(C3=N[C@H](C4CCCCC4)CO3)cc(-c3ccccc3)c2)c1.[Pt+2]. The number of para-hydroxylation sites is 1. The maximum Gasteiger partial charge on any atom is 2.00 e. The Morgan fingerprint density at radius 1 is 0.773 bits per heavy atom. The minimum absolute atomic E-state index is 0. The predicted molar refractivity (Wildman–Crippen MR) is 175 cm³/mol. The summed E-state index contributed by atoms with van der Waals surface area (Å²) in [5.41, 5.74) is 9.29. The van der Waals surface area contributed by atoms with Gasteiger partial charge >= 0.3 is 21.1 Å². The minimum Gasteiger partial charge on any atom is -0.518 e. The summed E-state index contributed by atoms with van der Waals surface area (Å²) in [5, 5.41) is 2.34. The molecule has 4 aromatic carbocycles. The third kappa shape index (κ3) is 5.30. The van der Waals surface area contributed by atoms with Gasteiger partial charge in [-0.05, 0) is 65.7 Å². The number of hydrogen-bond donors (Lipinski definition) is 0. The van der Waals surface area contributed by atoms with Crippen LogP contribution in [-0.2, 0) is 25.8 Å². The molecule has 8 rings (SSSR count). The maximum atomic E-state index is 6.32. The molecule has 1 fully saturated rings. The Hall–Kier alpha value is -4.01. The van der Waals surface area contributed by atoms with E-state index in [9.17, 15) is 0 Å². The van der Waals surface area contributed by atoms with Crippen LogP contribution in [-0.4, -0.2) is 28.1 Å². The van der Waals surface area contributed by atoms with Crippen molar-refractivity contribution in [3.8, 4) is 28.1 Å². The fourth-order valence-corrected chi connectivity index (χ4v) is 6.86. The minimum atomic E-state index is 0. The van der Waals surface area contributed by atoms with Crippen LogP contribution >= 0.6 is 0 Å². The number of benzene rings is 4. The Labute approximate surface area is 273 Å². The van der Waals surface area contributed by atoms with Gasteiger partial charge in [-0.2, -0.15) is 0 Å². The van der Waals surface area contributed by atoms with Gasteiger partial charge in [0.15, 0.2) is 0 Å². The van der Waals surface area contributed by atoms with Crippen molar-refractivity contribution in [2.24, 2.45) is 10.9 Å². The summed E-state index contributed by atoms with van der Waals surface area (Å²) >= 11 is 0. The largest absolute Gasteiger partial charge is 2.00 e. The molecule has 4 nitrogen and oxygen atoms in total. The van der Waals surface area contributed by atoms with Crippen molar-refractivity contribution < 1.29 is 25.8 Å². The van der Waals surface area contributed by atoms with Gasteiger partial charge < -0.3 is 14.3 Å². The Morgan fingerprint density at radius 3 is 2.43 bits per heavy atom. The first kappa shape index (κ1) is 28.7. The standard InChI is InChI=1S/C39H33N3O.Pt/c1-26-18-19-40-35(20-26)29-16-17-34-33-14-8-9-15-37(33)42(38(34)24-29)32-22-30(27-10-4-2-5-11-27)21-31(23-32)39-41-36(25-43-39)28-12-6-3-7-13-28;/h2,4-5,8-11,14-22,28,36H,3,6-7,12-13,25H2,1H3;/q-2;+2/t36-;/m0./s1. The first-order valence-corrected chi connectivity index (χ1v) is 15.4. The molecule has 1 aliphatic carbocycles. The van der Waals surface area contributed by atoms with Gasteiger partial charge in [-0.25, -0.2) is 0 Å². The topological polar surface area (TPSA) is 39.4 Å². The molecule has 1 atom stereocenters. The van der Waals surface area contributed by atoms with E-state index in [1.807, 2.05) is 12.3 Å². The third-order valence-corrected chi connectivity index (χ3v) is 9.08. The normalized spacial score (nSPS) is 16.9. The van der Waals surface area contributed by atoms with Crippen LogP contribution in [0.15, 0.2) is 102 Å². The number of pyridine rings is 1. The second-order valence-electron chi connectivity index (χ2n) is 11.9. The van der Waals surface area contributed by atoms with Gasteiger partial charge in [-0.3, -0.25) is 4.99 Å². The van der Waals surface area contributed by atoms with Crippen LogP contribution in [0.5, 0.6) is 0 Å². The molecule has 3 heterocycles. The number of fused-ring (bicyclic) bond motifs is 3. The Morgan fingerprint density at radius 2 is 1.59 bits per heavy atom. The van der Waals surface area contributed by atoms with Crippen molar-refractivity contribution in [1.82, 2.24) is 9.55 Å². The van der Waals surface area contributed by atoms with E-state index in [0.717, 1.165) is 50.1 Å².